The van der Waals surface area contributed by atoms with E-state index in [0.717, 1.165) is 33.5 Å². The number of nitrogens with zero attached hydrogens (tertiary/aromatic N) is 3. The summed E-state index contributed by atoms with van der Waals surface area (Å²) in [5.41, 5.74) is 19.8. The van der Waals surface area contributed by atoms with Gasteiger partial charge < -0.3 is 41.9 Å². The SMILES string of the molecule is NCCNC(Cc1ccccc1)C(=O)Nc1cccc(-c2cn3c(OCc4ccc(NC(=O)C(Cc5ccccc5)NC(=O)CN)cc4)c(Cc4ccco4)nc3c(Cc3ccccc3)n2)c1. The van der Waals surface area contributed by atoms with E-state index < -0.39 is 18.0 Å². The number of amides is 3. The second-order valence-corrected chi connectivity index (χ2v) is 16.1. The molecule has 5 aromatic carbocycles. The number of nitrogens with one attached hydrogen (secondary N) is 4. The zero-order valence-corrected chi connectivity index (χ0v) is 36.9. The van der Waals surface area contributed by atoms with Crippen molar-refractivity contribution in [3.63, 3.8) is 0 Å². The predicted molar refractivity (Wildman–Crippen MR) is 259 cm³/mol. The minimum absolute atomic E-state index is 0.172. The van der Waals surface area contributed by atoms with E-state index in [1.807, 2.05) is 138 Å². The third kappa shape index (κ3) is 12.3. The van der Waals surface area contributed by atoms with Gasteiger partial charge in [0.2, 0.25) is 23.6 Å². The van der Waals surface area contributed by atoms with Crippen molar-refractivity contribution < 1.29 is 23.5 Å². The Morgan fingerprint density at radius 3 is 1.96 bits per heavy atom. The quantitative estimate of drug-likeness (QED) is 0.0464. The molecule has 2 unspecified atom stereocenters. The summed E-state index contributed by atoms with van der Waals surface area (Å²) in [4.78, 5) is 49.8. The summed E-state index contributed by atoms with van der Waals surface area (Å²) in [7, 11) is 0. The summed E-state index contributed by atoms with van der Waals surface area (Å²) >= 11 is 0. The third-order valence-electron chi connectivity index (χ3n) is 11.1. The van der Waals surface area contributed by atoms with Gasteiger partial charge in [-0.05, 0) is 65.1 Å². The van der Waals surface area contributed by atoms with Crippen LogP contribution in [0.15, 0.2) is 169 Å². The number of aromatic nitrogens is 3. The van der Waals surface area contributed by atoms with Gasteiger partial charge in [-0.25, -0.2) is 9.97 Å². The maximum absolute atomic E-state index is 13.8. The highest BCUT2D eigenvalue weighted by Crippen LogP contribution is 2.31. The second kappa shape index (κ2) is 22.3. The Morgan fingerprint density at radius 1 is 0.642 bits per heavy atom. The smallest absolute Gasteiger partial charge is 0.247 e. The van der Waals surface area contributed by atoms with Gasteiger partial charge in [0.15, 0.2) is 5.65 Å². The van der Waals surface area contributed by atoms with E-state index in [-0.39, 0.29) is 25.0 Å². The molecule has 67 heavy (non-hydrogen) atoms. The van der Waals surface area contributed by atoms with Crippen LogP contribution in [0.3, 0.4) is 0 Å². The molecule has 0 saturated carbocycles. The normalized spacial score (nSPS) is 12.0. The van der Waals surface area contributed by atoms with Gasteiger partial charge in [-0.2, -0.15) is 0 Å². The number of hydrogen-bond acceptors (Lipinski definition) is 10. The minimum Gasteiger partial charge on any atom is -0.472 e. The lowest BCUT2D eigenvalue weighted by Crippen LogP contribution is -2.47. The first-order chi connectivity index (χ1) is 32.8. The molecule has 8 N–H and O–H groups in total. The molecule has 0 aliphatic carbocycles. The summed E-state index contributed by atoms with van der Waals surface area (Å²) in [5, 5.41) is 12.1. The van der Waals surface area contributed by atoms with Gasteiger partial charge in [-0.15, -0.1) is 0 Å². The van der Waals surface area contributed by atoms with Crippen LogP contribution < -0.4 is 37.5 Å². The van der Waals surface area contributed by atoms with Gasteiger partial charge in [-0.3, -0.25) is 18.8 Å². The molecule has 3 heterocycles. The fourth-order valence-corrected chi connectivity index (χ4v) is 7.76. The van der Waals surface area contributed by atoms with Crippen LogP contribution in [0.25, 0.3) is 16.9 Å². The number of anilines is 2. The Bertz CT molecular complexity index is 2870. The third-order valence-corrected chi connectivity index (χ3v) is 11.1. The van der Waals surface area contributed by atoms with Gasteiger partial charge in [0, 0.05) is 49.1 Å². The molecule has 14 nitrogen and oxygen atoms in total. The average molecular weight is 896 g/mol. The molecule has 8 aromatic rings. The average Bonchev–Trinajstić information content (AvgIpc) is 4.01. The van der Waals surface area contributed by atoms with Crippen molar-refractivity contribution >= 4 is 34.7 Å². The topological polar surface area (TPSA) is 204 Å². The lowest BCUT2D eigenvalue weighted by molar-refractivity contribution is -0.125. The van der Waals surface area contributed by atoms with Gasteiger partial charge >= 0.3 is 0 Å². The van der Waals surface area contributed by atoms with E-state index in [0.29, 0.717) is 78.8 Å². The number of ether oxygens (including phenoxy) is 1. The van der Waals surface area contributed by atoms with Crippen LogP contribution in [-0.2, 0) is 46.7 Å². The number of hydrogen-bond donors (Lipinski definition) is 6. The molecular formula is C53H53N9O5. The summed E-state index contributed by atoms with van der Waals surface area (Å²) < 4.78 is 14.4. The molecule has 0 aliphatic heterocycles. The largest absolute Gasteiger partial charge is 0.472 e. The van der Waals surface area contributed by atoms with Crippen LogP contribution in [0.5, 0.6) is 5.88 Å². The molecule has 14 heteroatoms. The Kier molecular flexibility index (Phi) is 15.2. The molecule has 0 bridgehead atoms. The highest BCUT2D eigenvalue weighted by Gasteiger charge is 2.24. The lowest BCUT2D eigenvalue weighted by Gasteiger charge is -2.19. The highest BCUT2D eigenvalue weighted by atomic mass is 16.5. The van der Waals surface area contributed by atoms with Gasteiger partial charge in [-0.1, -0.05) is 115 Å². The Balaban J connectivity index is 1.08. The van der Waals surface area contributed by atoms with E-state index in [1.165, 1.54) is 0 Å². The second-order valence-electron chi connectivity index (χ2n) is 16.1. The maximum atomic E-state index is 13.8. The van der Waals surface area contributed by atoms with Crippen LogP contribution >= 0.6 is 0 Å². The summed E-state index contributed by atoms with van der Waals surface area (Å²) in [6.07, 6.45) is 5.21. The maximum Gasteiger partial charge on any atom is 0.247 e. The zero-order valence-electron chi connectivity index (χ0n) is 36.9. The molecule has 0 spiro atoms. The van der Waals surface area contributed by atoms with Crippen molar-refractivity contribution in [2.75, 3.05) is 30.3 Å². The minimum atomic E-state index is -0.822. The molecule has 3 aromatic heterocycles. The molecule has 0 fully saturated rings. The number of fused-ring (bicyclic) bond motifs is 1. The lowest BCUT2D eigenvalue weighted by atomic mass is 10.0. The van der Waals surface area contributed by atoms with E-state index in [4.69, 9.17) is 30.6 Å². The highest BCUT2D eigenvalue weighted by molar-refractivity contribution is 5.98. The zero-order chi connectivity index (χ0) is 46.4. The fourth-order valence-electron chi connectivity index (χ4n) is 7.76. The summed E-state index contributed by atoms with van der Waals surface area (Å²) in [5.74, 6) is 0.275. The van der Waals surface area contributed by atoms with E-state index in [2.05, 4.69) is 33.4 Å². The van der Waals surface area contributed by atoms with Gasteiger partial charge in [0.1, 0.15) is 24.1 Å². The van der Waals surface area contributed by atoms with Crippen LogP contribution in [0.2, 0.25) is 0 Å². The first kappa shape index (κ1) is 45.7. The van der Waals surface area contributed by atoms with Crippen molar-refractivity contribution in [2.45, 2.75) is 44.4 Å². The molecule has 8 rings (SSSR count). The Hall–Kier alpha value is -7.91. The molecule has 340 valence electrons. The molecule has 0 saturated heterocycles. The number of imidazole rings is 1. The van der Waals surface area contributed by atoms with Crippen molar-refractivity contribution in [3.05, 3.63) is 204 Å². The number of nitrogens with two attached hydrogens (primary N) is 2. The Labute approximate surface area is 388 Å². The van der Waals surface area contributed by atoms with Crippen molar-refractivity contribution in [2.24, 2.45) is 11.5 Å². The number of carbonyl (C=O) groups is 3. The number of furan rings is 1. The fraction of sp³-hybridized carbons (Fsp3) is 0.189. The Morgan fingerprint density at radius 2 is 1.30 bits per heavy atom. The van der Waals surface area contributed by atoms with Crippen molar-refractivity contribution in [3.8, 4) is 17.1 Å². The van der Waals surface area contributed by atoms with Gasteiger partial charge in [0.05, 0.1) is 36.7 Å². The summed E-state index contributed by atoms with van der Waals surface area (Å²) in [6, 6.07) is 46.8. The molecule has 2 atom stereocenters. The number of rotatable bonds is 21. The van der Waals surface area contributed by atoms with Gasteiger partial charge in [0.25, 0.3) is 0 Å². The van der Waals surface area contributed by atoms with Crippen LogP contribution in [0.1, 0.15) is 39.4 Å². The van der Waals surface area contributed by atoms with Crippen LogP contribution in [-0.4, -0.2) is 63.8 Å². The van der Waals surface area contributed by atoms with Crippen molar-refractivity contribution in [1.82, 2.24) is 25.0 Å². The van der Waals surface area contributed by atoms with E-state index in [9.17, 15) is 14.4 Å². The molecular weight excluding hydrogens is 843 g/mol. The number of carbonyl (C=O) groups excluding carboxylic acids is 3. The number of benzene rings is 5. The predicted octanol–water partition coefficient (Wildman–Crippen LogP) is 6.47. The first-order valence-corrected chi connectivity index (χ1v) is 22.2. The standard InChI is InChI=1S/C53H53N9O5/c54-25-26-56-45(29-37-14-6-2-7-15-37)51(64)58-42-19-10-18-40(31-42)48-34-62-50(44(59-48)28-36-12-4-1-5-13-36)61-47(32-43-20-11-27-66-43)53(62)67-35-39-21-23-41(24-22-39)57-52(65)46(60-49(63)33-55)30-38-16-8-3-9-17-38/h1-24,27,31,34,45-46,56H,25-26,28-30,32-33,35,54-55H2,(H,57,65)(H,58,64)(H,60,63). The van der Waals surface area contributed by atoms with E-state index in [1.54, 1.807) is 18.4 Å². The van der Waals surface area contributed by atoms with E-state index >= 15 is 0 Å². The van der Waals surface area contributed by atoms with Crippen LogP contribution in [0.4, 0.5) is 11.4 Å². The molecule has 0 radical (unpaired) electrons. The van der Waals surface area contributed by atoms with Crippen LogP contribution in [0, 0.1) is 0 Å². The first-order valence-electron chi connectivity index (χ1n) is 22.2. The molecule has 3 amide bonds. The van der Waals surface area contributed by atoms with Crippen molar-refractivity contribution in [1.29, 1.82) is 0 Å². The monoisotopic (exact) mass is 895 g/mol. The molecule has 0 aliphatic rings. The summed E-state index contributed by atoms with van der Waals surface area (Å²) in [6.45, 7) is 0.838.